The summed E-state index contributed by atoms with van der Waals surface area (Å²) in [5.41, 5.74) is 2.34. The minimum atomic E-state index is -0.690. The number of nitriles is 1. The lowest BCUT2D eigenvalue weighted by molar-refractivity contribution is -0.144. The Balaban J connectivity index is 0.00000332. The summed E-state index contributed by atoms with van der Waals surface area (Å²) >= 11 is 0. The van der Waals surface area contributed by atoms with Crippen molar-refractivity contribution < 1.29 is 19.1 Å². The first kappa shape index (κ1) is 40.4. The van der Waals surface area contributed by atoms with Gasteiger partial charge in [0.2, 0.25) is 11.8 Å². The molecule has 2 aromatic carbocycles. The number of methoxy groups -OCH3 is 1. The maximum atomic E-state index is 13.8. The maximum absolute atomic E-state index is 13.8. The highest BCUT2D eigenvalue weighted by Gasteiger charge is 2.36. The van der Waals surface area contributed by atoms with Gasteiger partial charge in [-0.05, 0) is 87.5 Å². The molecule has 1 N–H and O–H groups in total. The van der Waals surface area contributed by atoms with Gasteiger partial charge in [0.25, 0.3) is 0 Å². The first-order chi connectivity index (χ1) is 24.3. The standard InChI is InChI=1S/C39H55N5O4.C2H6/c1-5-30(2)25-37(33-15-9-6-10-16-33)48-31(3)43-23-24-44(38(45)17-11-7-12-20-42-21-13-8-14-22-42)35(29-43)39(46)41-28-32-18-19-34(27-40)36(26-32)47-4;1-2/h6,9-10,15-16,18-19,26,30,35,37H,3,5,7-8,11-14,17,20-25,28-29H2,1-2,4H3,(H,41,46);1-2H3. The van der Waals surface area contributed by atoms with Crippen molar-refractivity contribution in [2.45, 2.75) is 104 Å². The smallest absolute Gasteiger partial charge is 0.244 e. The zero-order chi connectivity index (χ0) is 36.3. The number of nitrogens with one attached hydrogen (secondary N) is 1. The van der Waals surface area contributed by atoms with Crippen LogP contribution in [-0.2, 0) is 20.9 Å². The van der Waals surface area contributed by atoms with Crippen molar-refractivity contribution in [2.24, 2.45) is 5.92 Å². The lowest BCUT2D eigenvalue weighted by Gasteiger charge is -2.42. The highest BCUT2D eigenvalue weighted by Crippen LogP contribution is 2.30. The van der Waals surface area contributed by atoms with Crippen LogP contribution in [-0.4, -0.2) is 78.9 Å². The van der Waals surface area contributed by atoms with Gasteiger partial charge in [-0.15, -0.1) is 0 Å². The number of ether oxygens (including phenoxy) is 2. The van der Waals surface area contributed by atoms with E-state index in [9.17, 15) is 14.9 Å². The van der Waals surface area contributed by atoms with Gasteiger partial charge in [-0.25, -0.2) is 0 Å². The molecule has 2 saturated heterocycles. The second kappa shape index (κ2) is 21.9. The molecule has 2 heterocycles. The molecule has 2 aromatic rings. The normalized spacial score (nSPS) is 17.4. The lowest BCUT2D eigenvalue weighted by atomic mass is 9.96. The average Bonchev–Trinajstić information content (AvgIpc) is 3.17. The SMILES string of the molecule is C=C(OC(CC(C)CC)c1ccccc1)N1CCN(C(=O)CCCCCN2CCCCC2)C(C(=O)NCc2ccc(C#N)c(OC)c2)C1.CC. The number of piperidine rings is 1. The lowest BCUT2D eigenvalue weighted by Crippen LogP contribution is -2.60. The van der Waals surface area contributed by atoms with Crippen molar-refractivity contribution in [1.82, 2.24) is 20.0 Å². The number of hydrogen-bond donors (Lipinski definition) is 1. The molecule has 274 valence electrons. The Morgan fingerprint density at radius 2 is 1.76 bits per heavy atom. The van der Waals surface area contributed by atoms with Gasteiger partial charge in [0.1, 0.15) is 24.0 Å². The van der Waals surface area contributed by atoms with Crippen LogP contribution in [0.25, 0.3) is 0 Å². The summed E-state index contributed by atoms with van der Waals surface area (Å²) in [5, 5.41) is 12.4. The summed E-state index contributed by atoms with van der Waals surface area (Å²) in [5.74, 6) is 1.24. The second-order valence-corrected chi connectivity index (χ2v) is 13.3. The van der Waals surface area contributed by atoms with Crippen molar-refractivity contribution in [1.29, 1.82) is 5.26 Å². The minimum absolute atomic E-state index is 0.0123. The quantitative estimate of drug-likeness (QED) is 0.136. The van der Waals surface area contributed by atoms with Crippen LogP contribution < -0.4 is 10.1 Å². The molecule has 0 saturated carbocycles. The fourth-order valence-corrected chi connectivity index (χ4v) is 6.58. The molecule has 0 aliphatic carbocycles. The summed E-state index contributed by atoms with van der Waals surface area (Å²) in [7, 11) is 1.52. The topological polar surface area (TPSA) is 98.1 Å². The number of likely N-dealkylation sites (tertiary alicyclic amines) is 1. The van der Waals surface area contributed by atoms with E-state index in [1.807, 2.05) is 36.9 Å². The maximum Gasteiger partial charge on any atom is 0.244 e. The molecule has 2 aliphatic rings. The number of amides is 2. The Morgan fingerprint density at radius 3 is 2.44 bits per heavy atom. The molecule has 3 unspecified atom stereocenters. The van der Waals surface area contributed by atoms with Gasteiger partial charge < -0.3 is 29.5 Å². The van der Waals surface area contributed by atoms with Gasteiger partial charge in [0.15, 0.2) is 5.88 Å². The number of benzene rings is 2. The molecule has 0 spiro atoms. The largest absolute Gasteiger partial charge is 0.495 e. The number of carbonyl (C=O) groups excluding carboxylic acids is 2. The van der Waals surface area contributed by atoms with Crippen LogP contribution >= 0.6 is 0 Å². The molecule has 2 aliphatic heterocycles. The van der Waals surface area contributed by atoms with E-state index in [2.05, 4.69) is 48.8 Å². The Morgan fingerprint density at radius 1 is 1.02 bits per heavy atom. The third kappa shape index (κ3) is 12.4. The van der Waals surface area contributed by atoms with Gasteiger partial charge in [-0.3, -0.25) is 9.59 Å². The molecule has 50 heavy (non-hydrogen) atoms. The first-order valence-corrected chi connectivity index (χ1v) is 18.8. The Labute approximate surface area is 301 Å². The van der Waals surface area contributed by atoms with E-state index in [0.29, 0.717) is 49.2 Å². The molecule has 0 bridgehead atoms. The van der Waals surface area contributed by atoms with Crippen molar-refractivity contribution in [2.75, 3.05) is 46.4 Å². The van der Waals surface area contributed by atoms with Gasteiger partial charge in [0, 0.05) is 26.1 Å². The average molecular weight is 688 g/mol. The molecule has 0 radical (unpaired) electrons. The van der Waals surface area contributed by atoms with E-state index in [4.69, 9.17) is 9.47 Å². The van der Waals surface area contributed by atoms with Crippen LogP contribution in [0.2, 0.25) is 0 Å². The highest BCUT2D eigenvalue weighted by atomic mass is 16.5. The van der Waals surface area contributed by atoms with Crippen LogP contribution in [0.5, 0.6) is 5.75 Å². The summed E-state index contributed by atoms with van der Waals surface area (Å²) < 4.78 is 11.9. The number of hydrogen-bond acceptors (Lipinski definition) is 7. The van der Waals surface area contributed by atoms with Gasteiger partial charge in [0.05, 0.1) is 19.2 Å². The predicted octanol–water partition coefficient (Wildman–Crippen LogP) is 7.43. The van der Waals surface area contributed by atoms with Crippen molar-refractivity contribution in [3.63, 3.8) is 0 Å². The van der Waals surface area contributed by atoms with Crippen LogP contribution in [0.1, 0.15) is 108 Å². The van der Waals surface area contributed by atoms with Crippen LogP contribution in [0, 0.1) is 17.2 Å². The molecule has 2 amide bonds. The summed E-state index contributed by atoms with van der Waals surface area (Å²) in [6, 6.07) is 16.9. The molecule has 3 atom stereocenters. The molecular weight excluding hydrogens is 626 g/mol. The summed E-state index contributed by atoms with van der Waals surface area (Å²) in [6.07, 6.45) is 8.99. The van der Waals surface area contributed by atoms with Crippen LogP contribution in [0.15, 0.2) is 61.0 Å². The zero-order valence-electron chi connectivity index (χ0n) is 31.3. The summed E-state index contributed by atoms with van der Waals surface area (Å²) in [4.78, 5) is 33.7. The van der Waals surface area contributed by atoms with Crippen molar-refractivity contribution in [3.05, 3.63) is 77.7 Å². The molecule has 2 fully saturated rings. The van der Waals surface area contributed by atoms with Crippen LogP contribution in [0.3, 0.4) is 0 Å². The molecule has 0 aromatic heterocycles. The predicted molar refractivity (Wildman–Crippen MR) is 200 cm³/mol. The third-order valence-corrected chi connectivity index (χ3v) is 9.79. The van der Waals surface area contributed by atoms with E-state index < -0.39 is 6.04 Å². The zero-order valence-corrected chi connectivity index (χ0v) is 31.3. The fourth-order valence-electron chi connectivity index (χ4n) is 6.58. The minimum Gasteiger partial charge on any atom is -0.495 e. The number of unbranched alkanes of at least 4 members (excludes halogenated alkanes) is 2. The number of piperazine rings is 1. The molecular formula is C41H61N5O4. The van der Waals surface area contributed by atoms with Gasteiger partial charge >= 0.3 is 0 Å². The van der Waals surface area contributed by atoms with E-state index >= 15 is 0 Å². The van der Waals surface area contributed by atoms with Crippen molar-refractivity contribution in [3.8, 4) is 11.8 Å². The molecule has 4 rings (SSSR count). The van der Waals surface area contributed by atoms with Crippen LogP contribution in [0.4, 0.5) is 0 Å². The second-order valence-electron chi connectivity index (χ2n) is 13.3. The number of nitrogens with zero attached hydrogens (tertiary/aromatic N) is 4. The van der Waals surface area contributed by atoms with Crippen molar-refractivity contribution >= 4 is 11.8 Å². The molecule has 9 heteroatoms. The Hall–Kier alpha value is -4.03. The monoisotopic (exact) mass is 687 g/mol. The third-order valence-electron chi connectivity index (χ3n) is 9.79. The molecule has 9 nitrogen and oxygen atoms in total. The number of carbonyl (C=O) groups is 2. The Kier molecular flexibility index (Phi) is 17.7. The number of rotatable bonds is 17. The van der Waals surface area contributed by atoms with Gasteiger partial charge in [-0.1, -0.05) is 83.4 Å². The van der Waals surface area contributed by atoms with E-state index in [0.717, 1.165) is 49.8 Å². The highest BCUT2D eigenvalue weighted by molar-refractivity contribution is 5.88. The Bertz CT molecular complexity index is 1370. The van der Waals surface area contributed by atoms with E-state index in [1.165, 1.54) is 39.5 Å². The van der Waals surface area contributed by atoms with E-state index in [1.54, 1.807) is 23.1 Å². The van der Waals surface area contributed by atoms with E-state index in [-0.39, 0.29) is 24.5 Å². The fraction of sp³-hybridized carbons (Fsp3) is 0.585. The first-order valence-electron chi connectivity index (χ1n) is 18.8. The van der Waals surface area contributed by atoms with Gasteiger partial charge in [-0.2, -0.15) is 5.26 Å². The summed E-state index contributed by atoms with van der Waals surface area (Å²) in [6.45, 7) is 17.7.